The fraction of sp³-hybridized carbons (Fsp3) is 0.148. The standard InChI is InChI=1S/C27H26N2OS/c1-18-12-10-11-17-23(18)28-25(21-13-6-4-7-14-21)24-19(2)20(3)31-27(24)29-26(30)22-15-8-5-9-16-22/h4-17,25,28H,1-3H3,(H,29,30). The number of carbonyl (C=O) groups is 1. The first-order chi connectivity index (χ1) is 15.0. The molecule has 4 aromatic rings. The zero-order chi connectivity index (χ0) is 21.8. The van der Waals surface area contributed by atoms with Gasteiger partial charge in [-0.15, -0.1) is 11.3 Å². The summed E-state index contributed by atoms with van der Waals surface area (Å²) in [6.07, 6.45) is 0. The third-order valence-corrected chi connectivity index (χ3v) is 6.70. The summed E-state index contributed by atoms with van der Waals surface area (Å²) in [5.41, 5.74) is 6.38. The van der Waals surface area contributed by atoms with Crippen molar-refractivity contribution in [2.24, 2.45) is 0 Å². The molecule has 31 heavy (non-hydrogen) atoms. The van der Waals surface area contributed by atoms with Crippen LogP contribution in [0.4, 0.5) is 10.7 Å². The van der Waals surface area contributed by atoms with E-state index in [0.717, 1.165) is 21.8 Å². The van der Waals surface area contributed by atoms with Gasteiger partial charge in [0.25, 0.3) is 5.91 Å². The van der Waals surface area contributed by atoms with Crippen molar-refractivity contribution in [3.8, 4) is 0 Å². The quantitative estimate of drug-likeness (QED) is 0.344. The minimum Gasteiger partial charge on any atom is -0.374 e. The van der Waals surface area contributed by atoms with Gasteiger partial charge in [-0.05, 0) is 55.7 Å². The van der Waals surface area contributed by atoms with Gasteiger partial charge >= 0.3 is 0 Å². The molecule has 1 aromatic heterocycles. The maximum absolute atomic E-state index is 12.9. The number of nitrogens with one attached hydrogen (secondary N) is 2. The van der Waals surface area contributed by atoms with Crippen LogP contribution in [0.3, 0.4) is 0 Å². The van der Waals surface area contributed by atoms with Gasteiger partial charge in [0.2, 0.25) is 0 Å². The fourth-order valence-electron chi connectivity index (χ4n) is 3.71. The number of hydrogen-bond donors (Lipinski definition) is 2. The molecular formula is C27H26N2OS. The lowest BCUT2D eigenvalue weighted by atomic mass is 9.95. The molecule has 3 aromatic carbocycles. The van der Waals surface area contributed by atoms with E-state index in [2.05, 4.69) is 67.8 Å². The Labute approximate surface area is 187 Å². The highest BCUT2D eigenvalue weighted by Crippen LogP contribution is 2.41. The molecule has 4 heteroatoms. The molecular weight excluding hydrogens is 400 g/mol. The molecule has 1 amide bonds. The molecule has 0 aliphatic carbocycles. The van der Waals surface area contributed by atoms with Gasteiger partial charge in [-0.3, -0.25) is 4.79 Å². The zero-order valence-electron chi connectivity index (χ0n) is 18.0. The maximum Gasteiger partial charge on any atom is 0.256 e. The number of benzene rings is 3. The molecule has 1 atom stereocenters. The van der Waals surface area contributed by atoms with Crippen molar-refractivity contribution in [3.63, 3.8) is 0 Å². The number of amides is 1. The van der Waals surface area contributed by atoms with E-state index in [4.69, 9.17) is 0 Å². The van der Waals surface area contributed by atoms with E-state index in [9.17, 15) is 4.79 Å². The molecule has 2 N–H and O–H groups in total. The van der Waals surface area contributed by atoms with Crippen LogP contribution >= 0.6 is 11.3 Å². The van der Waals surface area contributed by atoms with Crippen LogP contribution < -0.4 is 10.6 Å². The summed E-state index contributed by atoms with van der Waals surface area (Å²) in [6, 6.07) is 28.0. The lowest BCUT2D eigenvalue weighted by Crippen LogP contribution is -2.17. The van der Waals surface area contributed by atoms with E-state index < -0.39 is 0 Å². The fourth-order valence-corrected chi connectivity index (χ4v) is 4.80. The summed E-state index contributed by atoms with van der Waals surface area (Å²) in [5.74, 6) is -0.0918. The van der Waals surface area contributed by atoms with Crippen molar-refractivity contribution in [1.29, 1.82) is 0 Å². The van der Waals surface area contributed by atoms with Crippen LogP contribution in [0.2, 0.25) is 0 Å². The first-order valence-corrected chi connectivity index (χ1v) is 11.2. The summed E-state index contributed by atoms with van der Waals surface area (Å²) in [5, 5.41) is 7.81. The highest BCUT2D eigenvalue weighted by Gasteiger charge is 2.25. The average Bonchev–Trinajstić information content (AvgIpc) is 3.07. The second-order valence-corrected chi connectivity index (χ2v) is 8.87. The van der Waals surface area contributed by atoms with Crippen molar-refractivity contribution in [1.82, 2.24) is 0 Å². The number of aryl methyl sites for hydroxylation is 2. The predicted molar refractivity (Wildman–Crippen MR) is 131 cm³/mol. The summed E-state index contributed by atoms with van der Waals surface area (Å²) in [6.45, 7) is 6.35. The van der Waals surface area contributed by atoms with E-state index in [1.807, 2.05) is 48.5 Å². The topological polar surface area (TPSA) is 41.1 Å². The Balaban J connectivity index is 1.78. The van der Waals surface area contributed by atoms with Crippen LogP contribution in [0.5, 0.6) is 0 Å². The Kier molecular flexibility index (Phi) is 6.19. The summed E-state index contributed by atoms with van der Waals surface area (Å²) >= 11 is 1.63. The SMILES string of the molecule is Cc1ccccc1NC(c1ccccc1)c1c(NC(=O)c2ccccc2)sc(C)c1C. The van der Waals surface area contributed by atoms with Crippen LogP contribution in [0, 0.1) is 20.8 Å². The number of anilines is 2. The molecule has 156 valence electrons. The molecule has 4 rings (SSSR count). The normalized spacial score (nSPS) is 11.7. The first-order valence-electron chi connectivity index (χ1n) is 10.4. The van der Waals surface area contributed by atoms with Gasteiger partial charge in [0.1, 0.15) is 5.00 Å². The molecule has 0 bridgehead atoms. The van der Waals surface area contributed by atoms with Gasteiger partial charge in [0.15, 0.2) is 0 Å². The van der Waals surface area contributed by atoms with E-state index in [1.54, 1.807) is 11.3 Å². The number of rotatable bonds is 6. The highest BCUT2D eigenvalue weighted by atomic mass is 32.1. The van der Waals surface area contributed by atoms with Gasteiger partial charge in [-0.1, -0.05) is 66.7 Å². The molecule has 0 aliphatic rings. The second kappa shape index (κ2) is 9.19. The molecule has 0 fully saturated rings. The smallest absolute Gasteiger partial charge is 0.256 e. The molecule has 1 heterocycles. The Bertz CT molecular complexity index is 1180. The van der Waals surface area contributed by atoms with E-state index in [-0.39, 0.29) is 11.9 Å². The molecule has 1 unspecified atom stereocenters. The molecule has 3 nitrogen and oxygen atoms in total. The maximum atomic E-state index is 12.9. The van der Waals surface area contributed by atoms with Gasteiger partial charge < -0.3 is 10.6 Å². The zero-order valence-corrected chi connectivity index (χ0v) is 18.8. The minimum absolute atomic E-state index is 0.0849. The van der Waals surface area contributed by atoms with E-state index >= 15 is 0 Å². The van der Waals surface area contributed by atoms with Crippen LogP contribution in [0.15, 0.2) is 84.9 Å². The van der Waals surface area contributed by atoms with Gasteiger partial charge in [-0.2, -0.15) is 0 Å². The Morgan fingerprint density at radius 2 is 1.42 bits per heavy atom. The van der Waals surface area contributed by atoms with Crippen LogP contribution in [0.1, 0.15) is 43.5 Å². The van der Waals surface area contributed by atoms with Crippen LogP contribution in [-0.4, -0.2) is 5.91 Å². The lowest BCUT2D eigenvalue weighted by molar-refractivity contribution is 0.102. The molecule has 0 saturated carbocycles. The van der Waals surface area contributed by atoms with Crippen molar-refractivity contribution >= 4 is 27.9 Å². The van der Waals surface area contributed by atoms with E-state index in [1.165, 1.54) is 16.0 Å². The first kappa shape index (κ1) is 20.9. The second-order valence-electron chi connectivity index (χ2n) is 7.65. The molecule has 0 spiro atoms. The summed E-state index contributed by atoms with van der Waals surface area (Å²) in [7, 11) is 0. The highest BCUT2D eigenvalue weighted by molar-refractivity contribution is 7.16. The molecule has 0 aliphatic heterocycles. The molecule has 0 radical (unpaired) electrons. The van der Waals surface area contributed by atoms with E-state index in [0.29, 0.717) is 5.56 Å². The molecule has 0 saturated heterocycles. The number of para-hydroxylation sites is 1. The Hall–Kier alpha value is -3.37. The average molecular weight is 427 g/mol. The predicted octanol–water partition coefficient (Wildman–Crippen LogP) is 7.13. The number of hydrogen-bond acceptors (Lipinski definition) is 3. The van der Waals surface area contributed by atoms with Gasteiger partial charge in [0.05, 0.1) is 6.04 Å². The lowest BCUT2D eigenvalue weighted by Gasteiger charge is -2.24. The summed E-state index contributed by atoms with van der Waals surface area (Å²) in [4.78, 5) is 14.1. The Morgan fingerprint density at radius 3 is 2.10 bits per heavy atom. The number of thiophene rings is 1. The van der Waals surface area contributed by atoms with Crippen molar-refractivity contribution in [3.05, 3.63) is 118 Å². The van der Waals surface area contributed by atoms with Crippen molar-refractivity contribution in [2.75, 3.05) is 10.6 Å². The van der Waals surface area contributed by atoms with Crippen LogP contribution in [0.25, 0.3) is 0 Å². The van der Waals surface area contributed by atoms with Crippen molar-refractivity contribution < 1.29 is 4.79 Å². The third-order valence-electron chi connectivity index (χ3n) is 5.56. The number of carbonyl (C=O) groups excluding carboxylic acids is 1. The summed E-state index contributed by atoms with van der Waals surface area (Å²) < 4.78 is 0. The van der Waals surface area contributed by atoms with Gasteiger partial charge in [-0.25, -0.2) is 0 Å². The monoisotopic (exact) mass is 426 g/mol. The van der Waals surface area contributed by atoms with Crippen LogP contribution in [-0.2, 0) is 0 Å². The largest absolute Gasteiger partial charge is 0.374 e. The Morgan fingerprint density at radius 1 is 0.806 bits per heavy atom. The van der Waals surface area contributed by atoms with Gasteiger partial charge in [0, 0.05) is 21.7 Å². The van der Waals surface area contributed by atoms with Crippen molar-refractivity contribution in [2.45, 2.75) is 26.8 Å². The third kappa shape index (κ3) is 4.54. The minimum atomic E-state index is -0.0918.